The summed E-state index contributed by atoms with van der Waals surface area (Å²) < 4.78 is 0. The third kappa shape index (κ3) is 1.46. The molecule has 2 rings (SSSR count). The largest absolute Gasteiger partial charge is 0.369 e. The van der Waals surface area contributed by atoms with Crippen LogP contribution in [0.4, 0.5) is 11.4 Å². The normalized spacial score (nSPS) is 17.6. The third-order valence-corrected chi connectivity index (χ3v) is 3.08. The molecule has 2 N–H and O–H groups in total. The second-order valence-corrected chi connectivity index (χ2v) is 3.79. The number of carbonyl (C=O) groups excluding carboxylic acids is 1. The van der Waals surface area contributed by atoms with E-state index in [1.54, 1.807) is 12.4 Å². The fraction of sp³-hybridized carbons (Fsp3) is 0.455. The summed E-state index contributed by atoms with van der Waals surface area (Å²) in [6, 6.07) is 1.88. The van der Waals surface area contributed by atoms with Crippen LogP contribution in [0.25, 0.3) is 0 Å². The van der Waals surface area contributed by atoms with Gasteiger partial charge in [-0.05, 0) is 18.9 Å². The molecule has 0 bridgehead atoms. The Hall–Kier alpha value is -1.58. The van der Waals surface area contributed by atoms with Crippen LogP contribution in [0.3, 0.4) is 0 Å². The second kappa shape index (κ2) is 3.53. The minimum Gasteiger partial charge on any atom is -0.369 e. The molecule has 1 aromatic heterocycles. The first-order valence-electron chi connectivity index (χ1n) is 5.25. The molecule has 1 aliphatic heterocycles. The predicted molar refractivity (Wildman–Crippen MR) is 59.8 cm³/mol. The van der Waals surface area contributed by atoms with E-state index >= 15 is 0 Å². The summed E-state index contributed by atoms with van der Waals surface area (Å²) in [6.07, 6.45) is 4.93. The topological polar surface area (TPSA) is 54.0 Å². The lowest BCUT2D eigenvalue weighted by Crippen LogP contribution is -2.51. The van der Waals surface area contributed by atoms with Gasteiger partial charge in [-0.2, -0.15) is 0 Å². The van der Waals surface area contributed by atoms with Gasteiger partial charge in [-0.25, -0.2) is 0 Å². The minimum atomic E-state index is -0.464. The van der Waals surface area contributed by atoms with Crippen LogP contribution in [0.1, 0.15) is 26.7 Å². The fourth-order valence-electron chi connectivity index (χ4n) is 1.91. The summed E-state index contributed by atoms with van der Waals surface area (Å²) in [5.74, 6) is 0.0352. The molecule has 0 fully saturated rings. The van der Waals surface area contributed by atoms with Crippen LogP contribution < -0.4 is 10.6 Å². The first-order chi connectivity index (χ1) is 7.22. The number of nitrogens with one attached hydrogen (secondary N) is 2. The van der Waals surface area contributed by atoms with E-state index in [4.69, 9.17) is 0 Å². The van der Waals surface area contributed by atoms with Crippen molar-refractivity contribution >= 4 is 17.3 Å². The zero-order chi connectivity index (χ0) is 10.9. The highest BCUT2D eigenvalue weighted by molar-refractivity contribution is 6.05. The smallest absolute Gasteiger partial charge is 0.250 e. The van der Waals surface area contributed by atoms with Gasteiger partial charge in [0, 0.05) is 6.20 Å². The standard InChI is InChI=1S/C11H15N3O/c1-3-11(4-2)10(15)13-9-7-12-6-5-8(9)14-11/h5-7,14H,3-4H2,1-2H3,(H,13,15). The summed E-state index contributed by atoms with van der Waals surface area (Å²) >= 11 is 0. The molecule has 0 radical (unpaired) electrons. The number of aromatic nitrogens is 1. The molecule has 0 atom stereocenters. The molecule has 15 heavy (non-hydrogen) atoms. The van der Waals surface area contributed by atoms with Crippen molar-refractivity contribution in [2.75, 3.05) is 10.6 Å². The highest BCUT2D eigenvalue weighted by atomic mass is 16.2. The Morgan fingerprint density at radius 3 is 2.73 bits per heavy atom. The van der Waals surface area contributed by atoms with Crippen molar-refractivity contribution in [3.63, 3.8) is 0 Å². The van der Waals surface area contributed by atoms with Crippen molar-refractivity contribution in [2.45, 2.75) is 32.2 Å². The number of amides is 1. The molecule has 1 aliphatic rings. The van der Waals surface area contributed by atoms with E-state index in [9.17, 15) is 4.79 Å². The van der Waals surface area contributed by atoms with E-state index in [0.717, 1.165) is 24.2 Å². The summed E-state index contributed by atoms with van der Waals surface area (Å²) in [5, 5.41) is 6.20. The summed E-state index contributed by atoms with van der Waals surface area (Å²) in [5.41, 5.74) is 1.25. The zero-order valence-corrected chi connectivity index (χ0v) is 9.00. The fourth-order valence-corrected chi connectivity index (χ4v) is 1.91. The lowest BCUT2D eigenvalue weighted by molar-refractivity contribution is -0.120. The van der Waals surface area contributed by atoms with Gasteiger partial charge in [0.15, 0.2) is 0 Å². The van der Waals surface area contributed by atoms with Crippen LogP contribution in [-0.2, 0) is 4.79 Å². The number of fused-ring (bicyclic) bond motifs is 1. The van der Waals surface area contributed by atoms with E-state index in [1.165, 1.54) is 0 Å². The van der Waals surface area contributed by atoms with Gasteiger partial charge in [-0.1, -0.05) is 13.8 Å². The Morgan fingerprint density at radius 1 is 1.33 bits per heavy atom. The monoisotopic (exact) mass is 205 g/mol. The lowest BCUT2D eigenvalue weighted by Gasteiger charge is -2.37. The molecule has 0 aliphatic carbocycles. The van der Waals surface area contributed by atoms with Crippen molar-refractivity contribution in [2.24, 2.45) is 0 Å². The maximum atomic E-state index is 11.9. The molecule has 4 nitrogen and oxygen atoms in total. The summed E-state index contributed by atoms with van der Waals surface area (Å²) in [6.45, 7) is 4.03. The Kier molecular flexibility index (Phi) is 2.34. The maximum Gasteiger partial charge on any atom is 0.250 e. The quantitative estimate of drug-likeness (QED) is 0.776. The Morgan fingerprint density at radius 2 is 2.07 bits per heavy atom. The van der Waals surface area contributed by atoms with Gasteiger partial charge >= 0.3 is 0 Å². The van der Waals surface area contributed by atoms with Gasteiger partial charge in [-0.15, -0.1) is 0 Å². The molecule has 2 heterocycles. The van der Waals surface area contributed by atoms with Crippen molar-refractivity contribution < 1.29 is 4.79 Å². The highest BCUT2D eigenvalue weighted by Crippen LogP contribution is 2.33. The molecule has 1 amide bonds. The van der Waals surface area contributed by atoms with Crippen LogP contribution in [-0.4, -0.2) is 16.4 Å². The van der Waals surface area contributed by atoms with Gasteiger partial charge in [0.05, 0.1) is 17.6 Å². The molecule has 0 aromatic carbocycles. The van der Waals surface area contributed by atoms with E-state index < -0.39 is 5.54 Å². The van der Waals surface area contributed by atoms with Crippen LogP contribution in [0.5, 0.6) is 0 Å². The average Bonchev–Trinajstić information content (AvgIpc) is 2.28. The molecular weight excluding hydrogens is 190 g/mol. The van der Waals surface area contributed by atoms with E-state index in [-0.39, 0.29) is 5.91 Å². The molecule has 0 saturated carbocycles. The molecule has 0 spiro atoms. The summed E-state index contributed by atoms with van der Waals surface area (Å²) in [4.78, 5) is 15.9. The van der Waals surface area contributed by atoms with Crippen molar-refractivity contribution in [1.29, 1.82) is 0 Å². The Balaban J connectivity index is 2.41. The lowest BCUT2D eigenvalue weighted by atomic mass is 9.89. The van der Waals surface area contributed by atoms with E-state index in [2.05, 4.69) is 15.6 Å². The number of anilines is 2. The average molecular weight is 205 g/mol. The SMILES string of the molecule is CCC1(CC)Nc2ccncc2NC1=O. The van der Waals surface area contributed by atoms with Crippen LogP contribution in [0.2, 0.25) is 0 Å². The van der Waals surface area contributed by atoms with E-state index in [1.807, 2.05) is 19.9 Å². The third-order valence-electron chi connectivity index (χ3n) is 3.08. The summed E-state index contributed by atoms with van der Waals surface area (Å²) in [7, 11) is 0. The molecule has 0 unspecified atom stereocenters. The van der Waals surface area contributed by atoms with E-state index in [0.29, 0.717) is 0 Å². The number of nitrogens with zero attached hydrogens (tertiary/aromatic N) is 1. The molecule has 4 heteroatoms. The van der Waals surface area contributed by atoms with Gasteiger partial charge < -0.3 is 10.6 Å². The van der Waals surface area contributed by atoms with Gasteiger partial charge in [0.25, 0.3) is 0 Å². The maximum absolute atomic E-state index is 11.9. The molecule has 0 saturated heterocycles. The number of carbonyl (C=O) groups is 1. The Labute approximate surface area is 89.1 Å². The first kappa shape index (κ1) is 9.96. The number of hydrogen-bond donors (Lipinski definition) is 2. The zero-order valence-electron chi connectivity index (χ0n) is 9.00. The van der Waals surface area contributed by atoms with Gasteiger partial charge in [-0.3, -0.25) is 9.78 Å². The molecule has 1 aromatic rings. The van der Waals surface area contributed by atoms with Crippen molar-refractivity contribution in [3.05, 3.63) is 18.5 Å². The Bertz CT molecular complexity index is 385. The number of hydrogen-bond acceptors (Lipinski definition) is 3. The van der Waals surface area contributed by atoms with Crippen molar-refractivity contribution in [1.82, 2.24) is 4.98 Å². The van der Waals surface area contributed by atoms with Gasteiger partial charge in [0.2, 0.25) is 5.91 Å². The molecule has 80 valence electrons. The van der Waals surface area contributed by atoms with Crippen molar-refractivity contribution in [3.8, 4) is 0 Å². The molecular formula is C11H15N3O. The minimum absolute atomic E-state index is 0.0352. The van der Waals surface area contributed by atoms with Crippen LogP contribution in [0, 0.1) is 0 Å². The number of pyridine rings is 1. The number of rotatable bonds is 2. The first-order valence-corrected chi connectivity index (χ1v) is 5.25. The van der Waals surface area contributed by atoms with Crippen LogP contribution >= 0.6 is 0 Å². The predicted octanol–water partition coefficient (Wildman–Crippen LogP) is 2.00. The van der Waals surface area contributed by atoms with Gasteiger partial charge in [0.1, 0.15) is 5.54 Å². The highest BCUT2D eigenvalue weighted by Gasteiger charge is 2.38. The second-order valence-electron chi connectivity index (χ2n) is 3.79. The van der Waals surface area contributed by atoms with Crippen LogP contribution in [0.15, 0.2) is 18.5 Å².